The number of hydrogen-bond donors (Lipinski definition) is 1. The molecule has 1 aliphatic heterocycles. The van der Waals surface area contributed by atoms with Gasteiger partial charge in [0.15, 0.2) is 0 Å². The van der Waals surface area contributed by atoms with E-state index >= 15 is 0 Å². The smallest absolute Gasteiger partial charge is 0.129 e. The zero-order chi connectivity index (χ0) is 13.3. The van der Waals surface area contributed by atoms with Gasteiger partial charge in [-0.2, -0.15) is 0 Å². The molecule has 0 saturated carbocycles. The molecular formula is C14H19ClFNO. The molecule has 1 aromatic carbocycles. The van der Waals surface area contributed by atoms with Gasteiger partial charge in [-0.1, -0.05) is 31.5 Å². The zero-order valence-electron chi connectivity index (χ0n) is 10.7. The molecule has 1 heterocycles. The lowest BCUT2D eigenvalue weighted by Gasteiger charge is -2.28. The molecule has 2 unspecified atom stereocenters. The van der Waals surface area contributed by atoms with E-state index in [9.17, 15) is 9.50 Å². The van der Waals surface area contributed by atoms with Gasteiger partial charge in [-0.15, -0.1) is 0 Å². The number of rotatable bonds is 3. The lowest BCUT2D eigenvalue weighted by molar-refractivity contribution is 0.108. The topological polar surface area (TPSA) is 23.5 Å². The SMILES string of the molecule is CC(C)CN1CCC(O)C1c1ccc(Cl)cc1F. The normalized spacial score (nSPS) is 25.0. The number of aliphatic hydroxyl groups excluding tert-OH is 1. The molecule has 1 saturated heterocycles. The summed E-state index contributed by atoms with van der Waals surface area (Å²) in [6.07, 6.45) is 0.193. The molecule has 1 aromatic rings. The molecule has 4 heteroatoms. The molecule has 0 aliphatic carbocycles. The van der Waals surface area contributed by atoms with Gasteiger partial charge in [-0.25, -0.2) is 4.39 Å². The molecule has 0 spiro atoms. The Morgan fingerprint density at radius 1 is 1.50 bits per heavy atom. The predicted octanol–water partition coefficient (Wildman–Crippen LogP) is 3.24. The first-order valence-corrected chi connectivity index (χ1v) is 6.74. The van der Waals surface area contributed by atoms with E-state index in [2.05, 4.69) is 18.7 Å². The molecule has 2 nitrogen and oxygen atoms in total. The van der Waals surface area contributed by atoms with Crippen molar-refractivity contribution in [3.05, 3.63) is 34.6 Å². The van der Waals surface area contributed by atoms with Crippen LogP contribution in [0.25, 0.3) is 0 Å². The fraction of sp³-hybridized carbons (Fsp3) is 0.571. The van der Waals surface area contributed by atoms with E-state index in [1.165, 1.54) is 6.07 Å². The van der Waals surface area contributed by atoms with Crippen LogP contribution in [0, 0.1) is 11.7 Å². The number of benzene rings is 1. The van der Waals surface area contributed by atoms with Gasteiger partial charge in [0.25, 0.3) is 0 Å². The minimum absolute atomic E-state index is 0.246. The Balaban J connectivity index is 2.27. The third-order valence-electron chi connectivity index (χ3n) is 3.35. The Morgan fingerprint density at radius 3 is 2.83 bits per heavy atom. The van der Waals surface area contributed by atoms with Crippen molar-refractivity contribution in [2.24, 2.45) is 5.92 Å². The molecule has 0 radical (unpaired) electrons. The van der Waals surface area contributed by atoms with Gasteiger partial charge in [0.1, 0.15) is 5.82 Å². The average Bonchev–Trinajstić information content (AvgIpc) is 2.60. The lowest BCUT2D eigenvalue weighted by atomic mass is 10.0. The van der Waals surface area contributed by atoms with Crippen molar-refractivity contribution in [2.75, 3.05) is 13.1 Å². The predicted molar refractivity (Wildman–Crippen MR) is 71.2 cm³/mol. The van der Waals surface area contributed by atoms with E-state index < -0.39 is 6.10 Å². The second-order valence-electron chi connectivity index (χ2n) is 5.36. The van der Waals surface area contributed by atoms with Gasteiger partial charge in [0.05, 0.1) is 12.1 Å². The van der Waals surface area contributed by atoms with E-state index in [1.54, 1.807) is 12.1 Å². The van der Waals surface area contributed by atoms with E-state index in [1.807, 2.05) is 0 Å². The number of aliphatic hydroxyl groups is 1. The van der Waals surface area contributed by atoms with Gasteiger partial charge in [0, 0.05) is 23.7 Å². The Labute approximate surface area is 112 Å². The molecule has 18 heavy (non-hydrogen) atoms. The minimum Gasteiger partial charge on any atom is -0.391 e. The van der Waals surface area contributed by atoms with Crippen LogP contribution in [0.1, 0.15) is 31.9 Å². The first-order chi connectivity index (χ1) is 8.49. The summed E-state index contributed by atoms with van der Waals surface area (Å²) >= 11 is 5.76. The summed E-state index contributed by atoms with van der Waals surface area (Å²) in [5.41, 5.74) is 0.546. The van der Waals surface area contributed by atoms with Gasteiger partial charge < -0.3 is 5.11 Å². The molecule has 2 rings (SSSR count). The second kappa shape index (κ2) is 5.55. The van der Waals surface area contributed by atoms with E-state index in [-0.39, 0.29) is 11.9 Å². The maximum atomic E-state index is 14.0. The van der Waals surface area contributed by atoms with Crippen molar-refractivity contribution >= 4 is 11.6 Å². The van der Waals surface area contributed by atoms with Crippen LogP contribution in [0.3, 0.4) is 0 Å². The summed E-state index contributed by atoms with van der Waals surface area (Å²) in [6, 6.07) is 4.43. The highest BCUT2D eigenvalue weighted by Crippen LogP contribution is 2.34. The molecule has 0 aromatic heterocycles. The molecule has 1 N–H and O–H groups in total. The summed E-state index contributed by atoms with van der Waals surface area (Å²) in [5, 5.41) is 10.5. The molecule has 0 amide bonds. The van der Waals surface area contributed by atoms with E-state index in [4.69, 9.17) is 11.6 Å². The van der Waals surface area contributed by atoms with Crippen molar-refractivity contribution in [2.45, 2.75) is 32.4 Å². The van der Waals surface area contributed by atoms with E-state index in [0.29, 0.717) is 22.9 Å². The van der Waals surface area contributed by atoms with Crippen molar-refractivity contribution in [3.63, 3.8) is 0 Å². The summed E-state index contributed by atoms with van der Waals surface area (Å²) < 4.78 is 14.0. The maximum absolute atomic E-state index is 14.0. The van der Waals surface area contributed by atoms with Crippen LogP contribution < -0.4 is 0 Å². The largest absolute Gasteiger partial charge is 0.391 e. The highest BCUT2D eigenvalue weighted by molar-refractivity contribution is 6.30. The zero-order valence-corrected chi connectivity index (χ0v) is 11.5. The van der Waals surface area contributed by atoms with Crippen LogP contribution >= 0.6 is 11.6 Å². The monoisotopic (exact) mass is 271 g/mol. The first kappa shape index (κ1) is 13.8. The van der Waals surface area contributed by atoms with Crippen LogP contribution in [-0.2, 0) is 0 Å². The van der Waals surface area contributed by atoms with Gasteiger partial charge >= 0.3 is 0 Å². The number of halogens is 2. The summed E-state index contributed by atoms with van der Waals surface area (Å²) in [5.74, 6) is 0.162. The molecule has 1 fully saturated rings. The summed E-state index contributed by atoms with van der Waals surface area (Å²) in [6.45, 7) is 5.93. The van der Waals surface area contributed by atoms with Crippen molar-refractivity contribution in [1.29, 1.82) is 0 Å². The third kappa shape index (κ3) is 2.85. The first-order valence-electron chi connectivity index (χ1n) is 6.36. The Bertz CT molecular complexity index is 424. The van der Waals surface area contributed by atoms with Crippen LogP contribution in [-0.4, -0.2) is 29.2 Å². The quantitative estimate of drug-likeness (QED) is 0.912. The van der Waals surface area contributed by atoms with Crippen molar-refractivity contribution < 1.29 is 9.50 Å². The van der Waals surface area contributed by atoms with Crippen LogP contribution in [0.4, 0.5) is 4.39 Å². The Kier molecular flexibility index (Phi) is 4.25. The van der Waals surface area contributed by atoms with Gasteiger partial charge in [0.2, 0.25) is 0 Å². The molecular weight excluding hydrogens is 253 g/mol. The summed E-state index contributed by atoms with van der Waals surface area (Å²) in [4.78, 5) is 2.15. The number of hydrogen-bond acceptors (Lipinski definition) is 2. The van der Waals surface area contributed by atoms with Crippen molar-refractivity contribution in [3.8, 4) is 0 Å². The number of likely N-dealkylation sites (tertiary alicyclic amines) is 1. The van der Waals surface area contributed by atoms with E-state index in [0.717, 1.165) is 13.1 Å². The maximum Gasteiger partial charge on any atom is 0.129 e. The minimum atomic E-state index is -0.501. The van der Waals surface area contributed by atoms with Crippen LogP contribution in [0.15, 0.2) is 18.2 Å². The highest BCUT2D eigenvalue weighted by Gasteiger charge is 2.35. The Hall–Kier alpha value is -0.640. The Morgan fingerprint density at radius 2 is 2.22 bits per heavy atom. The molecule has 0 bridgehead atoms. The fourth-order valence-electron chi connectivity index (χ4n) is 2.66. The van der Waals surface area contributed by atoms with Gasteiger partial charge in [-0.05, 0) is 24.5 Å². The molecule has 100 valence electrons. The van der Waals surface area contributed by atoms with Crippen LogP contribution in [0.5, 0.6) is 0 Å². The highest BCUT2D eigenvalue weighted by atomic mass is 35.5. The lowest BCUT2D eigenvalue weighted by Crippen LogP contribution is -2.31. The summed E-state index contributed by atoms with van der Waals surface area (Å²) in [7, 11) is 0. The van der Waals surface area contributed by atoms with Crippen molar-refractivity contribution in [1.82, 2.24) is 4.90 Å². The average molecular weight is 272 g/mol. The second-order valence-corrected chi connectivity index (χ2v) is 5.79. The van der Waals surface area contributed by atoms with Crippen LogP contribution in [0.2, 0.25) is 5.02 Å². The molecule has 2 atom stereocenters. The van der Waals surface area contributed by atoms with Gasteiger partial charge in [-0.3, -0.25) is 4.90 Å². The number of nitrogens with zero attached hydrogens (tertiary/aromatic N) is 1. The third-order valence-corrected chi connectivity index (χ3v) is 3.59. The molecule has 1 aliphatic rings. The fourth-order valence-corrected chi connectivity index (χ4v) is 2.82. The standard InChI is InChI=1S/C14H19ClFNO/c1-9(2)8-17-6-5-13(18)14(17)11-4-3-10(15)7-12(11)16/h3-4,7,9,13-14,18H,5-6,8H2,1-2H3.